The van der Waals surface area contributed by atoms with Gasteiger partial charge in [-0.05, 0) is 25.0 Å². The lowest BCUT2D eigenvalue weighted by Gasteiger charge is -2.44. The Labute approximate surface area is 121 Å². The smallest absolute Gasteiger partial charge is 0.246 e. The van der Waals surface area contributed by atoms with E-state index in [9.17, 15) is 9.59 Å². The minimum Gasteiger partial charge on any atom is -0.345 e. The zero-order valence-electron chi connectivity index (χ0n) is 11.0. The maximum atomic E-state index is 12.2. The monoisotopic (exact) mass is 300 g/mol. The normalized spacial score (nSPS) is 18.6. The minimum absolute atomic E-state index is 0.0344. The van der Waals surface area contributed by atoms with Crippen molar-refractivity contribution >= 4 is 34.8 Å². The first-order chi connectivity index (χ1) is 9.03. The topological polar surface area (TPSA) is 49.4 Å². The summed E-state index contributed by atoms with van der Waals surface area (Å²) in [4.78, 5) is 27.1. The van der Waals surface area contributed by atoms with Gasteiger partial charge in [-0.2, -0.15) is 0 Å². The van der Waals surface area contributed by atoms with Gasteiger partial charge in [0.2, 0.25) is 11.8 Å². The van der Waals surface area contributed by atoms with E-state index in [2.05, 4.69) is 5.32 Å². The number of carbonyl (C=O) groups excluding carboxylic acids is 2. The molecule has 0 saturated carbocycles. The number of rotatable bonds is 4. The number of nitrogens with one attached hydrogen (secondary N) is 1. The first-order valence-corrected chi connectivity index (χ1v) is 7.56. The van der Waals surface area contributed by atoms with E-state index in [1.165, 1.54) is 11.3 Å². The standard InChI is InChI=1S/C13H17ClN2O2S/c1-3-13(4-2)12(18)15-7-11(17)16(13)8-9-5-6-10(14)19-9/h5-6H,3-4,7-8H2,1-2H3,(H,15,18). The third kappa shape index (κ3) is 2.49. The van der Waals surface area contributed by atoms with Crippen LogP contribution in [0.25, 0.3) is 0 Å². The number of piperazine rings is 1. The molecule has 19 heavy (non-hydrogen) atoms. The van der Waals surface area contributed by atoms with Gasteiger partial charge in [-0.1, -0.05) is 25.4 Å². The zero-order chi connectivity index (χ0) is 14.0. The van der Waals surface area contributed by atoms with Gasteiger partial charge in [0.1, 0.15) is 5.54 Å². The summed E-state index contributed by atoms with van der Waals surface area (Å²) in [7, 11) is 0. The third-order valence-corrected chi connectivity index (χ3v) is 4.97. The Morgan fingerprint density at radius 3 is 2.58 bits per heavy atom. The number of hydrogen-bond donors (Lipinski definition) is 1. The molecule has 2 amide bonds. The summed E-state index contributed by atoms with van der Waals surface area (Å²) in [5.41, 5.74) is -0.730. The van der Waals surface area contributed by atoms with Crippen LogP contribution in [0.1, 0.15) is 31.6 Å². The van der Waals surface area contributed by atoms with Crippen LogP contribution in [0.4, 0.5) is 0 Å². The van der Waals surface area contributed by atoms with Crippen LogP contribution in [0, 0.1) is 0 Å². The van der Waals surface area contributed by atoms with Crippen molar-refractivity contribution in [2.24, 2.45) is 0 Å². The Morgan fingerprint density at radius 2 is 2.05 bits per heavy atom. The van der Waals surface area contributed by atoms with E-state index in [1.54, 1.807) is 4.90 Å². The van der Waals surface area contributed by atoms with E-state index in [-0.39, 0.29) is 18.4 Å². The van der Waals surface area contributed by atoms with Crippen LogP contribution >= 0.6 is 22.9 Å². The summed E-state index contributed by atoms with van der Waals surface area (Å²) >= 11 is 7.36. The zero-order valence-corrected chi connectivity index (χ0v) is 12.6. The lowest BCUT2D eigenvalue weighted by molar-refractivity contribution is -0.155. The lowest BCUT2D eigenvalue weighted by Crippen LogP contribution is -2.66. The fraction of sp³-hybridized carbons (Fsp3) is 0.538. The SMILES string of the molecule is CCC1(CC)C(=O)NCC(=O)N1Cc1ccc(Cl)s1. The van der Waals surface area contributed by atoms with Gasteiger partial charge in [0, 0.05) is 4.88 Å². The summed E-state index contributed by atoms with van der Waals surface area (Å²) in [5, 5.41) is 2.69. The Morgan fingerprint density at radius 1 is 1.37 bits per heavy atom. The van der Waals surface area contributed by atoms with Gasteiger partial charge in [0.15, 0.2) is 0 Å². The molecule has 0 atom stereocenters. The number of thiophene rings is 1. The van der Waals surface area contributed by atoms with Crippen LogP contribution in [-0.4, -0.2) is 28.8 Å². The van der Waals surface area contributed by atoms with Crippen molar-refractivity contribution in [2.45, 2.75) is 38.8 Å². The molecule has 1 saturated heterocycles. The van der Waals surface area contributed by atoms with Crippen molar-refractivity contribution in [1.29, 1.82) is 0 Å². The summed E-state index contributed by atoms with van der Waals surface area (Å²) in [6.45, 7) is 4.41. The second kappa shape index (κ2) is 5.51. The van der Waals surface area contributed by atoms with Crippen LogP contribution in [0.15, 0.2) is 12.1 Å². The highest BCUT2D eigenvalue weighted by atomic mass is 35.5. The highest BCUT2D eigenvalue weighted by molar-refractivity contribution is 7.16. The Bertz CT molecular complexity index is 497. The molecule has 1 aromatic rings. The van der Waals surface area contributed by atoms with Crippen LogP contribution in [0.3, 0.4) is 0 Å². The first-order valence-electron chi connectivity index (χ1n) is 6.36. The molecule has 104 valence electrons. The van der Waals surface area contributed by atoms with E-state index in [1.807, 2.05) is 26.0 Å². The van der Waals surface area contributed by atoms with Crippen molar-refractivity contribution in [1.82, 2.24) is 10.2 Å². The molecular weight excluding hydrogens is 284 g/mol. The number of nitrogens with zero attached hydrogens (tertiary/aromatic N) is 1. The lowest BCUT2D eigenvalue weighted by atomic mass is 9.87. The Hall–Kier alpha value is -1.07. The fourth-order valence-corrected chi connectivity index (χ4v) is 3.64. The van der Waals surface area contributed by atoms with E-state index in [0.717, 1.165) is 4.88 Å². The van der Waals surface area contributed by atoms with Gasteiger partial charge in [0.25, 0.3) is 0 Å². The van der Waals surface area contributed by atoms with Crippen molar-refractivity contribution < 1.29 is 9.59 Å². The molecule has 1 aliphatic rings. The first kappa shape index (κ1) is 14.3. The van der Waals surface area contributed by atoms with Gasteiger partial charge < -0.3 is 10.2 Å². The average molecular weight is 301 g/mol. The van der Waals surface area contributed by atoms with Gasteiger partial charge in [-0.3, -0.25) is 9.59 Å². The van der Waals surface area contributed by atoms with Gasteiger partial charge in [0.05, 0.1) is 17.4 Å². The van der Waals surface area contributed by atoms with Crippen LogP contribution in [-0.2, 0) is 16.1 Å². The maximum Gasteiger partial charge on any atom is 0.246 e. The number of hydrogen-bond acceptors (Lipinski definition) is 3. The molecule has 2 heterocycles. The molecule has 0 bridgehead atoms. The third-order valence-electron chi connectivity index (χ3n) is 3.75. The quantitative estimate of drug-likeness (QED) is 0.928. The minimum atomic E-state index is -0.730. The van der Waals surface area contributed by atoms with Crippen molar-refractivity contribution in [3.63, 3.8) is 0 Å². The van der Waals surface area contributed by atoms with Crippen LogP contribution < -0.4 is 5.32 Å². The Balaban J connectivity index is 2.31. The molecule has 6 heteroatoms. The highest BCUT2D eigenvalue weighted by Gasteiger charge is 2.46. The predicted molar refractivity (Wildman–Crippen MR) is 76.2 cm³/mol. The molecule has 2 rings (SSSR count). The summed E-state index contributed by atoms with van der Waals surface area (Å²) in [6, 6.07) is 3.72. The average Bonchev–Trinajstić information content (AvgIpc) is 2.81. The molecule has 0 aliphatic carbocycles. The summed E-state index contributed by atoms with van der Waals surface area (Å²) in [6.07, 6.45) is 1.22. The Kier molecular flexibility index (Phi) is 4.16. The maximum absolute atomic E-state index is 12.2. The molecule has 0 radical (unpaired) electrons. The van der Waals surface area contributed by atoms with Gasteiger partial charge >= 0.3 is 0 Å². The summed E-state index contributed by atoms with van der Waals surface area (Å²) < 4.78 is 0.697. The number of amides is 2. The molecule has 1 N–H and O–H groups in total. The van der Waals surface area contributed by atoms with Gasteiger partial charge in [-0.25, -0.2) is 0 Å². The predicted octanol–water partition coefficient (Wildman–Crippen LogP) is 2.42. The molecule has 4 nitrogen and oxygen atoms in total. The van der Waals surface area contributed by atoms with Crippen molar-refractivity contribution in [3.05, 3.63) is 21.3 Å². The second-order valence-corrected chi connectivity index (χ2v) is 6.41. The van der Waals surface area contributed by atoms with Crippen molar-refractivity contribution in [2.75, 3.05) is 6.54 Å². The van der Waals surface area contributed by atoms with E-state index in [4.69, 9.17) is 11.6 Å². The van der Waals surface area contributed by atoms with E-state index >= 15 is 0 Å². The van der Waals surface area contributed by atoms with E-state index < -0.39 is 5.54 Å². The van der Waals surface area contributed by atoms with Crippen molar-refractivity contribution in [3.8, 4) is 0 Å². The molecule has 1 aliphatic heterocycles. The molecule has 1 fully saturated rings. The molecule has 0 spiro atoms. The van der Waals surface area contributed by atoms with Gasteiger partial charge in [-0.15, -0.1) is 11.3 Å². The van der Waals surface area contributed by atoms with Crippen LogP contribution in [0.5, 0.6) is 0 Å². The molecular formula is C13H17ClN2O2S. The molecule has 0 aromatic carbocycles. The summed E-state index contributed by atoms with van der Waals surface area (Å²) in [5.74, 6) is -0.0902. The molecule has 1 aromatic heterocycles. The number of halogens is 1. The fourth-order valence-electron chi connectivity index (χ4n) is 2.56. The largest absolute Gasteiger partial charge is 0.345 e. The molecule has 0 unspecified atom stereocenters. The van der Waals surface area contributed by atoms with Crippen LogP contribution in [0.2, 0.25) is 4.34 Å². The highest BCUT2D eigenvalue weighted by Crippen LogP contribution is 2.31. The second-order valence-electron chi connectivity index (χ2n) is 4.61. The number of carbonyl (C=O) groups is 2. The van der Waals surface area contributed by atoms with E-state index in [0.29, 0.717) is 23.7 Å².